The SMILES string of the molecule is CC(=O)Nc1cc(C(=O)NCC(=O)NC(C)C(=O)NCC=O)ccn1.CC(C)C.CCC. The van der Waals surface area contributed by atoms with Crippen molar-refractivity contribution in [3.05, 3.63) is 23.9 Å². The summed E-state index contributed by atoms with van der Waals surface area (Å²) in [4.78, 5) is 60.3. The number of nitrogens with one attached hydrogen (secondary N) is 4. The van der Waals surface area contributed by atoms with Gasteiger partial charge in [-0.25, -0.2) is 4.98 Å². The highest BCUT2D eigenvalue weighted by atomic mass is 16.2. The normalized spacial score (nSPS) is 10.2. The number of carbonyl (C=O) groups excluding carboxylic acids is 5. The summed E-state index contributed by atoms with van der Waals surface area (Å²) < 4.78 is 0. The molecule has 0 spiro atoms. The summed E-state index contributed by atoms with van der Waals surface area (Å²) in [6.07, 6.45) is 3.12. The van der Waals surface area contributed by atoms with Gasteiger partial charge in [-0.1, -0.05) is 41.0 Å². The Balaban J connectivity index is 0. The van der Waals surface area contributed by atoms with Crippen molar-refractivity contribution in [3.63, 3.8) is 0 Å². The highest BCUT2D eigenvalue weighted by molar-refractivity contribution is 5.98. The number of hydrogen-bond donors (Lipinski definition) is 4. The van der Waals surface area contributed by atoms with Gasteiger partial charge in [0.1, 0.15) is 18.1 Å². The first-order chi connectivity index (χ1) is 15.0. The average molecular weight is 452 g/mol. The molecular formula is C22H37N5O5. The Morgan fingerprint density at radius 2 is 1.62 bits per heavy atom. The molecule has 4 N–H and O–H groups in total. The number of hydrogen-bond acceptors (Lipinski definition) is 6. The van der Waals surface area contributed by atoms with Gasteiger partial charge < -0.3 is 26.1 Å². The second kappa shape index (κ2) is 18.5. The fraction of sp³-hybridized carbons (Fsp3) is 0.545. The zero-order valence-electron chi connectivity index (χ0n) is 20.1. The quantitative estimate of drug-likeness (QED) is 0.442. The van der Waals surface area contributed by atoms with Gasteiger partial charge in [-0.05, 0) is 25.0 Å². The van der Waals surface area contributed by atoms with Crippen LogP contribution >= 0.6 is 0 Å². The lowest BCUT2D eigenvalue weighted by atomic mass is 10.2. The van der Waals surface area contributed by atoms with Crippen molar-refractivity contribution >= 4 is 35.7 Å². The van der Waals surface area contributed by atoms with Crippen molar-refractivity contribution in [3.8, 4) is 0 Å². The van der Waals surface area contributed by atoms with Gasteiger partial charge in [0.25, 0.3) is 5.91 Å². The maximum Gasteiger partial charge on any atom is 0.251 e. The molecule has 0 saturated carbocycles. The Morgan fingerprint density at radius 3 is 2.12 bits per heavy atom. The molecule has 0 aromatic carbocycles. The van der Waals surface area contributed by atoms with Crippen LogP contribution in [0.4, 0.5) is 5.82 Å². The third kappa shape index (κ3) is 17.5. The van der Waals surface area contributed by atoms with E-state index in [2.05, 4.69) is 60.9 Å². The Hall–Kier alpha value is -3.30. The topological polar surface area (TPSA) is 146 Å². The summed E-state index contributed by atoms with van der Waals surface area (Å²) in [6, 6.07) is 1.94. The van der Waals surface area contributed by atoms with Crippen LogP contribution in [0.1, 0.15) is 65.2 Å². The number of aromatic nitrogens is 1. The zero-order chi connectivity index (χ0) is 25.1. The number of carbonyl (C=O) groups is 5. The van der Waals surface area contributed by atoms with Crippen molar-refractivity contribution < 1.29 is 24.0 Å². The van der Waals surface area contributed by atoms with E-state index < -0.39 is 23.8 Å². The average Bonchev–Trinajstić information content (AvgIpc) is 2.70. The molecule has 0 aliphatic rings. The summed E-state index contributed by atoms with van der Waals surface area (Å²) in [5.74, 6) is -0.905. The van der Waals surface area contributed by atoms with Crippen molar-refractivity contribution in [1.82, 2.24) is 20.9 Å². The molecule has 4 amide bonds. The number of aldehydes is 1. The first kappa shape index (κ1) is 30.9. The molecule has 1 rings (SSSR count). The van der Waals surface area contributed by atoms with E-state index in [0.29, 0.717) is 6.29 Å². The van der Waals surface area contributed by atoms with Gasteiger partial charge in [0.05, 0.1) is 13.1 Å². The molecule has 1 aromatic heterocycles. The van der Waals surface area contributed by atoms with Gasteiger partial charge >= 0.3 is 0 Å². The Labute approximate surface area is 190 Å². The Bertz CT molecular complexity index is 734. The molecular weight excluding hydrogens is 414 g/mol. The maximum atomic E-state index is 12.0. The van der Waals surface area contributed by atoms with Gasteiger partial charge in [0, 0.05) is 18.7 Å². The first-order valence-corrected chi connectivity index (χ1v) is 10.5. The fourth-order valence-corrected chi connectivity index (χ4v) is 1.74. The standard InChI is InChI=1S/C15H19N5O5.C4H10.C3H8/c1-9(14(24)17-5-6-21)19-13(23)8-18-15(25)11-3-4-16-12(7-11)20-10(2)22;1-4(2)3;1-3-2/h3-4,6-7,9H,5,8H2,1-2H3,(H,17,24)(H,18,25)(H,19,23)(H,16,20,22);4H,1-3H3;3H2,1-2H3. The zero-order valence-corrected chi connectivity index (χ0v) is 20.1. The molecule has 180 valence electrons. The first-order valence-electron chi connectivity index (χ1n) is 10.5. The van der Waals surface area contributed by atoms with Crippen molar-refractivity contribution in [2.24, 2.45) is 5.92 Å². The van der Waals surface area contributed by atoms with Crippen LogP contribution in [0.2, 0.25) is 0 Å². The minimum Gasteiger partial charge on any atom is -0.348 e. The Morgan fingerprint density at radius 1 is 1.06 bits per heavy atom. The third-order valence-electron chi connectivity index (χ3n) is 2.87. The molecule has 1 unspecified atom stereocenters. The van der Waals surface area contributed by atoms with Crippen LogP contribution in [0.15, 0.2) is 18.3 Å². The molecule has 1 heterocycles. The highest BCUT2D eigenvalue weighted by Crippen LogP contribution is 2.06. The monoisotopic (exact) mass is 451 g/mol. The van der Waals surface area contributed by atoms with Crippen LogP contribution in [0, 0.1) is 5.92 Å². The summed E-state index contributed by atoms with van der Waals surface area (Å²) >= 11 is 0. The van der Waals surface area contributed by atoms with E-state index in [0.717, 1.165) is 5.92 Å². The summed E-state index contributed by atoms with van der Waals surface area (Å²) in [7, 11) is 0. The Kier molecular flexibility index (Phi) is 17.8. The van der Waals surface area contributed by atoms with Crippen LogP contribution in [0.5, 0.6) is 0 Å². The van der Waals surface area contributed by atoms with Gasteiger partial charge in [0.15, 0.2) is 0 Å². The van der Waals surface area contributed by atoms with Crippen molar-refractivity contribution in [2.45, 2.75) is 60.9 Å². The van der Waals surface area contributed by atoms with E-state index in [9.17, 15) is 24.0 Å². The van der Waals surface area contributed by atoms with E-state index in [-0.39, 0.29) is 30.4 Å². The maximum absolute atomic E-state index is 12.0. The predicted octanol–water partition coefficient (Wildman–Crippen LogP) is 1.67. The van der Waals surface area contributed by atoms with Crippen molar-refractivity contribution in [2.75, 3.05) is 18.4 Å². The minimum absolute atomic E-state index is 0.144. The molecule has 10 heteroatoms. The van der Waals surface area contributed by atoms with E-state index >= 15 is 0 Å². The fourth-order valence-electron chi connectivity index (χ4n) is 1.74. The predicted molar refractivity (Wildman–Crippen MR) is 124 cm³/mol. The molecule has 32 heavy (non-hydrogen) atoms. The van der Waals surface area contributed by atoms with E-state index in [1.54, 1.807) is 0 Å². The van der Waals surface area contributed by atoms with Crippen LogP contribution in [-0.2, 0) is 19.2 Å². The van der Waals surface area contributed by atoms with Gasteiger partial charge in [-0.15, -0.1) is 0 Å². The lowest BCUT2D eigenvalue weighted by Gasteiger charge is -2.13. The molecule has 1 atom stereocenters. The van der Waals surface area contributed by atoms with Gasteiger partial charge in [0.2, 0.25) is 17.7 Å². The number of anilines is 1. The molecule has 0 aliphatic heterocycles. The van der Waals surface area contributed by atoms with Crippen LogP contribution < -0.4 is 21.3 Å². The third-order valence-corrected chi connectivity index (χ3v) is 2.87. The molecule has 0 fully saturated rings. The van der Waals surface area contributed by atoms with E-state index in [4.69, 9.17) is 0 Å². The van der Waals surface area contributed by atoms with Crippen LogP contribution in [0.3, 0.4) is 0 Å². The van der Waals surface area contributed by atoms with Gasteiger partial charge in [-0.3, -0.25) is 19.2 Å². The molecule has 10 nitrogen and oxygen atoms in total. The van der Waals surface area contributed by atoms with Crippen LogP contribution in [-0.4, -0.2) is 54.0 Å². The summed E-state index contributed by atoms with van der Waals surface area (Å²) in [5, 5.41) is 9.51. The number of rotatable bonds is 8. The minimum atomic E-state index is -0.850. The second-order valence-corrected chi connectivity index (χ2v) is 7.43. The van der Waals surface area contributed by atoms with Gasteiger partial charge in [-0.2, -0.15) is 0 Å². The van der Waals surface area contributed by atoms with Crippen LogP contribution in [0.25, 0.3) is 0 Å². The second-order valence-electron chi connectivity index (χ2n) is 7.43. The van der Waals surface area contributed by atoms with E-state index in [1.165, 1.54) is 38.6 Å². The number of pyridine rings is 1. The lowest BCUT2D eigenvalue weighted by Crippen LogP contribution is -2.48. The molecule has 0 aliphatic carbocycles. The van der Waals surface area contributed by atoms with E-state index in [1.807, 2.05) is 0 Å². The highest BCUT2D eigenvalue weighted by Gasteiger charge is 2.16. The molecule has 0 bridgehead atoms. The summed E-state index contributed by atoms with van der Waals surface area (Å²) in [6.45, 7) is 13.0. The molecule has 0 saturated heterocycles. The van der Waals surface area contributed by atoms with Crippen molar-refractivity contribution in [1.29, 1.82) is 0 Å². The molecule has 1 aromatic rings. The number of nitrogens with zero attached hydrogens (tertiary/aromatic N) is 1. The largest absolute Gasteiger partial charge is 0.348 e. The molecule has 0 radical (unpaired) electrons. The smallest absolute Gasteiger partial charge is 0.251 e. The number of amides is 4. The summed E-state index contributed by atoms with van der Waals surface area (Å²) in [5.41, 5.74) is 0.211. The lowest BCUT2D eigenvalue weighted by molar-refractivity contribution is -0.128.